The molecule has 0 saturated heterocycles. The summed E-state index contributed by atoms with van der Waals surface area (Å²) in [6.07, 6.45) is 1.31. The van der Waals surface area contributed by atoms with E-state index in [1.165, 1.54) is 27.7 Å². The fourth-order valence-electron chi connectivity index (χ4n) is 2.65. The molecule has 1 heterocycles. The van der Waals surface area contributed by atoms with E-state index in [4.69, 9.17) is 14.2 Å². The number of ether oxygens (including phenoxy) is 3. The van der Waals surface area contributed by atoms with Crippen LogP contribution in [0.2, 0.25) is 0 Å². The minimum atomic E-state index is -0.477. The Morgan fingerprint density at radius 1 is 1.10 bits per heavy atom. The summed E-state index contributed by atoms with van der Waals surface area (Å²) in [5.41, 5.74) is 0.239. The van der Waals surface area contributed by atoms with Crippen LogP contribution in [-0.2, 0) is 6.54 Å². The molecular formula is C19H27N5O5. The van der Waals surface area contributed by atoms with E-state index in [0.717, 1.165) is 5.56 Å². The number of nitrogens with one attached hydrogen (secondary N) is 1. The van der Waals surface area contributed by atoms with Gasteiger partial charge in [0, 0.05) is 19.1 Å². The van der Waals surface area contributed by atoms with E-state index in [1.54, 1.807) is 24.1 Å². The molecule has 1 N–H and O–H groups in total. The largest absolute Gasteiger partial charge is 0.493 e. The standard InChI is InChI=1S/C19H27N5O5/c1-19(2,3)23(4)18-15(24(25)26)17(21-11-22-18)20-10-12-8-13(27-5)16(29-7)14(9-12)28-6/h8-9,11H,10H2,1-7H3,(H,20,21,22). The van der Waals surface area contributed by atoms with Crippen LogP contribution in [0.5, 0.6) is 17.2 Å². The maximum atomic E-state index is 11.8. The molecular weight excluding hydrogens is 378 g/mol. The zero-order valence-electron chi connectivity index (χ0n) is 17.8. The first-order chi connectivity index (χ1) is 13.6. The quantitative estimate of drug-likeness (QED) is 0.522. The number of aromatic nitrogens is 2. The lowest BCUT2D eigenvalue weighted by Crippen LogP contribution is -2.39. The zero-order valence-corrected chi connectivity index (χ0v) is 17.8. The third-order valence-corrected chi connectivity index (χ3v) is 4.49. The summed E-state index contributed by atoms with van der Waals surface area (Å²) in [6, 6.07) is 3.53. The van der Waals surface area contributed by atoms with Gasteiger partial charge in [0.1, 0.15) is 6.33 Å². The first kappa shape index (κ1) is 22.0. The van der Waals surface area contributed by atoms with Crippen LogP contribution in [0.15, 0.2) is 18.5 Å². The third-order valence-electron chi connectivity index (χ3n) is 4.49. The summed E-state index contributed by atoms with van der Waals surface area (Å²) in [5.74, 6) is 1.83. The summed E-state index contributed by atoms with van der Waals surface area (Å²) in [6.45, 7) is 6.10. The molecule has 0 spiro atoms. The Kier molecular flexibility index (Phi) is 6.68. The SMILES string of the molecule is COc1cc(CNc2ncnc(N(C)C(C)(C)C)c2[N+](=O)[O-])cc(OC)c1OC. The van der Waals surface area contributed by atoms with Gasteiger partial charge in [-0.1, -0.05) is 0 Å². The second kappa shape index (κ2) is 8.80. The van der Waals surface area contributed by atoms with Crippen molar-refractivity contribution in [2.24, 2.45) is 0 Å². The lowest BCUT2D eigenvalue weighted by Gasteiger charge is -2.32. The number of nitrogens with zero attached hydrogens (tertiary/aromatic N) is 4. The number of hydrogen-bond donors (Lipinski definition) is 1. The number of anilines is 2. The van der Waals surface area contributed by atoms with Gasteiger partial charge in [0.2, 0.25) is 17.4 Å². The van der Waals surface area contributed by atoms with Crippen molar-refractivity contribution in [2.45, 2.75) is 32.9 Å². The van der Waals surface area contributed by atoms with Crippen LogP contribution in [0.1, 0.15) is 26.3 Å². The summed E-state index contributed by atoms with van der Waals surface area (Å²) in [4.78, 5) is 21.3. The van der Waals surface area contributed by atoms with Crippen LogP contribution in [0.3, 0.4) is 0 Å². The van der Waals surface area contributed by atoms with E-state index in [-0.39, 0.29) is 29.4 Å². The molecule has 29 heavy (non-hydrogen) atoms. The minimum Gasteiger partial charge on any atom is -0.493 e. The number of rotatable bonds is 8. The average molecular weight is 405 g/mol. The smallest absolute Gasteiger partial charge is 0.353 e. The predicted molar refractivity (Wildman–Crippen MR) is 110 cm³/mol. The Labute approximate surface area is 170 Å². The van der Waals surface area contributed by atoms with Crippen LogP contribution < -0.4 is 24.4 Å². The van der Waals surface area contributed by atoms with Crippen molar-refractivity contribution in [3.63, 3.8) is 0 Å². The van der Waals surface area contributed by atoms with Gasteiger partial charge in [-0.15, -0.1) is 0 Å². The molecule has 0 aliphatic carbocycles. The van der Waals surface area contributed by atoms with Crippen molar-refractivity contribution < 1.29 is 19.1 Å². The molecule has 158 valence electrons. The van der Waals surface area contributed by atoms with Gasteiger partial charge in [-0.25, -0.2) is 9.97 Å². The summed E-state index contributed by atoms with van der Waals surface area (Å²) in [7, 11) is 6.34. The topological polar surface area (TPSA) is 112 Å². The van der Waals surface area contributed by atoms with E-state index in [0.29, 0.717) is 17.2 Å². The molecule has 1 aromatic carbocycles. The monoisotopic (exact) mass is 405 g/mol. The first-order valence-corrected chi connectivity index (χ1v) is 8.90. The van der Waals surface area contributed by atoms with E-state index < -0.39 is 4.92 Å². The van der Waals surface area contributed by atoms with E-state index >= 15 is 0 Å². The molecule has 0 fully saturated rings. The second-order valence-electron chi connectivity index (χ2n) is 7.27. The highest BCUT2D eigenvalue weighted by Crippen LogP contribution is 2.39. The number of benzene rings is 1. The molecule has 0 radical (unpaired) electrons. The van der Waals surface area contributed by atoms with Gasteiger partial charge in [0.15, 0.2) is 11.5 Å². The lowest BCUT2D eigenvalue weighted by molar-refractivity contribution is -0.383. The lowest BCUT2D eigenvalue weighted by atomic mass is 10.1. The van der Waals surface area contributed by atoms with Gasteiger partial charge in [-0.05, 0) is 38.5 Å². The molecule has 0 amide bonds. The molecule has 10 heteroatoms. The average Bonchev–Trinajstić information content (AvgIpc) is 2.69. The highest BCUT2D eigenvalue weighted by Gasteiger charge is 2.30. The van der Waals surface area contributed by atoms with Gasteiger partial charge in [-0.2, -0.15) is 0 Å². The molecule has 0 saturated carbocycles. The van der Waals surface area contributed by atoms with Crippen molar-refractivity contribution in [1.29, 1.82) is 0 Å². The molecule has 0 aliphatic rings. The summed E-state index contributed by atoms with van der Waals surface area (Å²) >= 11 is 0. The normalized spacial score (nSPS) is 11.0. The predicted octanol–water partition coefficient (Wildman–Crippen LogP) is 3.26. The molecule has 2 rings (SSSR count). The van der Waals surface area contributed by atoms with Crippen LogP contribution in [0, 0.1) is 10.1 Å². The van der Waals surface area contributed by atoms with Crippen LogP contribution in [0.25, 0.3) is 0 Å². The fourth-order valence-corrected chi connectivity index (χ4v) is 2.65. The molecule has 2 aromatic rings. The number of nitro groups is 1. The second-order valence-corrected chi connectivity index (χ2v) is 7.27. The van der Waals surface area contributed by atoms with Gasteiger partial charge in [0.05, 0.1) is 26.3 Å². The van der Waals surface area contributed by atoms with E-state index in [1.807, 2.05) is 20.8 Å². The van der Waals surface area contributed by atoms with Gasteiger partial charge in [-0.3, -0.25) is 10.1 Å². The molecule has 10 nitrogen and oxygen atoms in total. The highest BCUT2D eigenvalue weighted by atomic mass is 16.6. The van der Waals surface area contributed by atoms with Crippen molar-refractivity contribution in [3.05, 3.63) is 34.1 Å². The Morgan fingerprint density at radius 2 is 1.69 bits per heavy atom. The Balaban J connectivity index is 2.40. The maximum absolute atomic E-state index is 11.8. The summed E-state index contributed by atoms with van der Waals surface area (Å²) < 4.78 is 16.0. The number of methoxy groups -OCH3 is 3. The van der Waals surface area contributed by atoms with Gasteiger partial charge < -0.3 is 24.4 Å². The number of hydrogen-bond acceptors (Lipinski definition) is 9. The maximum Gasteiger partial charge on any atom is 0.353 e. The Bertz CT molecular complexity index is 857. The van der Waals surface area contributed by atoms with Crippen molar-refractivity contribution >= 4 is 17.3 Å². The van der Waals surface area contributed by atoms with Crippen LogP contribution >= 0.6 is 0 Å². The molecule has 1 aromatic heterocycles. The van der Waals surface area contributed by atoms with Crippen LogP contribution in [-0.4, -0.2) is 48.8 Å². The van der Waals surface area contributed by atoms with Gasteiger partial charge >= 0.3 is 5.69 Å². The summed E-state index contributed by atoms with van der Waals surface area (Å²) in [5, 5.41) is 14.8. The van der Waals surface area contributed by atoms with Crippen molar-refractivity contribution in [3.8, 4) is 17.2 Å². The van der Waals surface area contributed by atoms with E-state index in [2.05, 4.69) is 15.3 Å². The fraction of sp³-hybridized carbons (Fsp3) is 0.474. The zero-order chi connectivity index (χ0) is 21.8. The minimum absolute atomic E-state index is 0.129. The molecule has 0 aliphatic heterocycles. The molecule has 0 unspecified atom stereocenters. The Morgan fingerprint density at radius 3 is 2.14 bits per heavy atom. The molecule has 0 bridgehead atoms. The third kappa shape index (κ3) is 4.76. The van der Waals surface area contributed by atoms with E-state index in [9.17, 15) is 10.1 Å². The van der Waals surface area contributed by atoms with Crippen molar-refractivity contribution in [1.82, 2.24) is 9.97 Å². The highest BCUT2D eigenvalue weighted by molar-refractivity contribution is 5.70. The Hall–Kier alpha value is -3.30. The van der Waals surface area contributed by atoms with Crippen LogP contribution in [0.4, 0.5) is 17.3 Å². The molecule has 0 atom stereocenters. The first-order valence-electron chi connectivity index (χ1n) is 8.90. The van der Waals surface area contributed by atoms with Crippen molar-refractivity contribution in [2.75, 3.05) is 38.6 Å². The van der Waals surface area contributed by atoms with Gasteiger partial charge in [0.25, 0.3) is 0 Å².